The topological polar surface area (TPSA) is 172 Å². The SMILES string of the molecule is CC(C)(C)OC(=O)C1(S(=O)(=O)c2ccc(-c3ccc(Br)cn3)cc2)CCN(Cc2ccccc2)CC1.CC(C)(C)OC(=O)C1(S(=O)(=O)c2ccc(B3OC(C)(C)C(C)(C)O3)cc2)CCN(Cc2ccccc2)CC1.Cc1ccc(Br)cn1. The molecule has 3 aliphatic rings. The molecule has 0 amide bonds. The van der Waals surface area contributed by atoms with Crippen molar-refractivity contribution in [3.8, 4) is 11.3 Å². The molecule has 4 aromatic carbocycles. The number of piperidine rings is 2. The second-order valence-electron chi connectivity index (χ2n) is 24.2. The summed E-state index contributed by atoms with van der Waals surface area (Å²) in [6.45, 7) is 23.7. The third-order valence-electron chi connectivity index (χ3n) is 15.2. The van der Waals surface area contributed by atoms with Crippen molar-refractivity contribution in [2.75, 3.05) is 26.2 Å². The van der Waals surface area contributed by atoms with Gasteiger partial charge >= 0.3 is 19.1 Å². The largest absolute Gasteiger partial charge is 0.494 e. The van der Waals surface area contributed by atoms with Crippen LogP contribution in [0.5, 0.6) is 0 Å². The number of pyridine rings is 2. The van der Waals surface area contributed by atoms with Crippen molar-refractivity contribution in [2.24, 2.45) is 0 Å². The van der Waals surface area contributed by atoms with Crippen LogP contribution in [0.1, 0.15) is 112 Å². The first-order chi connectivity index (χ1) is 38.4. The summed E-state index contributed by atoms with van der Waals surface area (Å²) in [4.78, 5) is 40.1. The van der Waals surface area contributed by atoms with Gasteiger partial charge in [0.2, 0.25) is 0 Å². The number of hydrogen-bond donors (Lipinski definition) is 0. The van der Waals surface area contributed by atoms with Gasteiger partial charge in [-0.25, -0.2) is 16.8 Å². The molecule has 2 aromatic heterocycles. The molecule has 9 rings (SSSR count). The van der Waals surface area contributed by atoms with Crippen LogP contribution in [0.15, 0.2) is 165 Å². The third kappa shape index (κ3) is 15.6. The molecule has 0 spiro atoms. The zero-order valence-corrected chi connectivity index (χ0v) is 53.8. The molecule has 5 heterocycles. The molecule has 3 fully saturated rings. The van der Waals surface area contributed by atoms with Crippen LogP contribution in [0, 0.1) is 6.92 Å². The number of benzene rings is 4. The van der Waals surface area contributed by atoms with E-state index in [1.807, 2.05) is 120 Å². The van der Waals surface area contributed by atoms with Gasteiger partial charge in [0.25, 0.3) is 0 Å². The van der Waals surface area contributed by atoms with Crippen LogP contribution in [-0.2, 0) is 61.1 Å². The van der Waals surface area contributed by atoms with Gasteiger partial charge in [-0.05, 0) is 199 Å². The lowest BCUT2D eigenvalue weighted by Crippen LogP contribution is -2.56. The normalized spacial score (nSPS) is 18.0. The van der Waals surface area contributed by atoms with Gasteiger partial charge < -0.3 is 18.8 Å². The maximum atomic E-state index is 14.2. The molecular formula is C63H77BBr2N4O10S2. The Morgan fingerprint density at radius 3 is 1.27 bits per heavy atom. The summed E-state index contributed by atoms with van der Waals surface area (Å²) in [6, 6.07) is 40.9. The number of sulfone groups is 2. The highest BCUT2D eigenvalue weighted by atomic mass is 79.9. The lowest BCUT2D eigenvalue weighted by molar-refractivity contribution is -0.160. The minimum Gasteiger partial charge on any atom is -0.459 e. The van der Waals surface area contributed by atoms with Gasteiger partial charge in [-0.1, -0.05) is 84.9 Å². The van der Waals surface area contributed by atoms with Gasteiger partial charge in [0.1, 0.15) is 11.2 Å². The Morgan fingerprint density at radius 1 is 0.549 bits per heavy atom. The van der Waals surface area contributed by atoms with Gasteiger partial charge in [-0.15, -0.1) is 0 Å². The highest BCUT2D eigenvalue weighted by Gasteiger charge is 2.57. The highest BCUT2D eigenvalue weighted by molar-refractivity contribution is 9.10. The molecule has 438 valence electrons. The van der Waals surface area contributed by atoms with Gasteiger partial charge in [0.15, 0.2) is 29.2 Å². The predicted octanol–water partition coefficient (Wildman–Crippen LogP) is 11.9. The molecular weight excluding hydrogens is 1210 g/mol. The van der Waals surface area contributed by atoms with E-state index in [2.05, 4.69) is 51.6 Å². The lowest BCUT2D eigenvalue weighted by atomic mass is 9.79. The van der Waals surface area contributed by atoms with Crippen molar-refractivity contribution in [2.45, 2.75) is 157 Å². The number of rotatable bonds is 12. The summed E-state index contributed by atoms with van der Waals surface area (Å²) in [7, 11) is -8.69. The first-order valence-electron chi connectivity index (χ1n) is 27.6. The Bertz CT molecular complexity index is 3290. The number of halogens is 2. The van der Waals surface area contributed by atoms with E-state index < -0.39 is 70.6 Å². The van der Waals surface area contributed by atoms with Crippen LogP contribution in [0.4, 0.5) is 0 Å². The second-order valence-corrected chi connectivity index (χ2v) is 30.5. The predicted molar refractivity (Wildman–Crippen MR) is 330 cm³/mol. The Hall–Kier alpha value is -5.12. The van der Waals surface area contributed by atoms with Crippen molar-refractivity contribution in [3.05, 3.63) is 172 Å². The number of hydrogen-bond acceptors (Lipinski definition) is 14. The molecule has 0 aliphatic carbocycles. The lowest BCUT2D eigenvalue weighted by Gasteiger charge is -2.40. The van der Waals surface area contributed by atoms with Crippen LogP contribution in [-0.4, -0.2) is 114 Å². The summed E-state index contributed by atoms with van der Waals surface area (Å²) in [5.74, 6) is -1.35. The number of likely N-dealkylation sites (tertiary alicyclic amines) is 2. The monoisotopic (exact) mass is 1280 g/mol. The summed E-state index contributed by atoms with van der Waals surface area (Å²) in [5.41, 5.74) is 3.01. The van der Waals surface area contributed by atoms with E-state index in [0.29, 0.717) is 39.3 Å². The zero-order chi connectivity index (χ0) is 59.9. The molecule has 0 atom stereocenters. The van der Waals surface area contributed by atoms with E-state index in [4.69, 9.17) is 18.8 Å². The van der Waals surface area contributed by atoms with Gasteiger partial charge in [-0.3, -0.25) is 29.4 Å². The number of aryl methyl sites for hydroxylation is 1. The molecule has 82 heavy (non-hydrogen) atoms. The minimum absolute atomic E-state index is 0.0973. The number of carbonyl (C=O) groups excluding carboxylic acids is 2. The first kappa shape index (κ1) is 64.4. The third-order valence-corrected chi connectivity index (χ3v) is 21.1. The van der Waals surface area contributed by atoms with Crippen molar-refractivity contribution >= 4 is 76.1 Å². The molecule has 0 N–H and O–H groups in total. The van der Waals surface area contributed by atoms with E-state index in [1.165, 1.54) is 0 Å². The first-order valence-corrected chi connectivity index (χ1v) is 32.2. The van der Waals surface area contributed by atoms with Gasteiger partial charge in [0, 0.05) is 71.9 Å². The average molecular weight is 1290 g/mol. The van der Waals surface area contributed by atoms with Crippen LogP contribution >= 0.6 is 31.9 Å². The Labute approximate surface area is 503 Å². The van der Waals surface area contributed by atoms with Crippen molar-refractivity contribution in [1.82, 2.24) is 19.8 Å². The second kappa shape index (κ2) is 26.0. The summed E-state index contributed by atoms with van der Waals surface area (Å²) < 4.78 is 78.7. The van der Waals surface area contributed by atoms with Crippen molar-refractivity contribution in [1.29, 1.82) is 0 Å². The molecule has 6 aromatic rings. The maximum absolute atomic E-state index is 14.2. The van der Waals surface area contributed by atoms with E-state index in [1.54, 1.807) is 102 Å². The van der Waals surface area contributed by atoms with Crippen LogP contribution in [0.2, 0.25) is 0 Å². The number of nitrogens with zero attached hydrogens (tertiary/aromatic N) is 4. The number of aromatic nitrogens is 2. The van der Waals surface area contributed by atoms with Crippen LogP contribution in [0.3, 0.4) is 0 Å². The smallest absolute Gasteiger partial charge is 0.459 e. The molecule has 0 saturated carbocycles. The molecule has 0 bridgehead atoms. The molecule has 0 radical (unpaired) electrons. The Balaban J connectivity index is 0.000000208. The summed E-state index contributed by atoms with van der Waals surface area (Å²) in [6.07, 6.45) is 4.16. The van der Waals surface area contributed by atoms with Crippen molar-refractivity contribution < 1.29 is 45.2 Å². The quantitative estimate of drug-likeness (QED) is 0.0837. The van der Waals surface area contributed by atoms with E-state index >= 15 is 0 Å². The van der Waals surface area contributed by atoms with Gasteiger partial charge in [0.05, 0.1) is 26.7 Å². The highest BCUT2D eigenvalue weighted by Crippen LogP contribution is 2.41. The average Bonchev–Trinajstić information content (AvgIpc) is 3.43. The standard InChI is InChI=1S/C29H40BNO6S.C28H31BrN2O4S.C6H6BrN/c1-26(2,3)35-25(32)29(17-19-31(20-18-29)21-22-11-9-8-10-12-22)38(33,34)24-15-13-23(14-16-24)30-36-27(4,5)28(6,7)37-30;1-27(2,3)35-26(32)28(15-17-31(18-16-28)20-21-7-5-4-6-8-21)36(33,34)24-12-9-22(10-13-24)25-14-11-23(29)19-30-25;1-5-2-3-6(7)4-8-5/h8-16H,17-21H2,1-7H3;4-14,19H,15-18,20H2,1-3H3;2-4H,1H3. The van der Waals surface area contributed by atoms with Crippen LogP contribution < -0.4 is 5.46 Å². The van der Waals surface area contributed by atoms with E-state index in [-0.39, 0.29) is 35.5 Å². The maximum Gasteiger partial charge on any atom is 0.494 e. The fourth-order valence-electron chi connectivity index (χ4n) is 9.77. The molecule has 19 heteroatoms. The fourth-order valence-corrected chi connectivity index (χ4v) is 14.1. The number of ether oxygens (including phenoxy) is 2. The Kier molecular flexibility index (Phi) is 20.4. The van der Waals surface area contributed by atoms with E-state index in [9.17, 15) is 26.4 Å². The summed E-state index contributed by atoms with van der Waals surface area (Å²) >= 11 is 6.66. The molecule has 3 aliphatic heterocycles. The number of esters is 2. The van der Waals surface area contributed by atoms with E-state index in [0.717, 1.165) is 42.5 Å². The zero-order valence-electron chi connectivity index (χ0n) is 48.9. The fraction of sp³-hybridized carbons (Fsp3) is 0.429. The number of carbonyl (C=O) groups is 2. The van der Waals surface area contributed by atoms with Gasteiger partial charge in [-0.2, -0.15) is 0 Å². The molecule has 3 saturated heterocycles. The van der Waals surface area contributed by atoms with Crippen LogP contribution in [0.25, 0.3) is 11.3 Å². The van der Waals surface area contributed by atoms with Crippen molar-refractivity contribution in [3.63, 3.8) is 0 Å². The molecule has 0 unspecified atom stereocenters. The minimum atomic E-state index is -4.06. The molecule has 14 nitrogen and oxygen atoms in total. The Morgan fingerprint density at radius 2 is 0.927 bits per heavy atom. The summed E-state index contributed by atoms with van der Waals surface area (Å²) in [5, 5.41) is 0.